The monoisotopic (exact) mass is 368 g/mol. The van der Waals surface area contributed by atoms with Gasteiger partial charge in [-0.1, -0.05) is 18.2 Å². The lowest BCUT2D eigenvalue weighted by atomic mass is 9.96. The number of piperidine rings is 1. The Morgan fingerprint density at radius 1 is 1.26 bits per heavy atom. The molecule has 2 saturated heterocycles. The van der Waals surface area contributed by atoms with Crippen LogP contribution in [-0.4, -0.2) is 46.4 Å². The second-order valence-electron chi connectivity index (χ2n) is 7.94. The Labute approximate surface area is 159 Å². The summed E-state index contributed by atoms with van der Waals surface area (Å²) in [6.07, 6.45) is 5.05. The molecule has 144 valence electrons. The molecule has 1 aromatic carbocycles. The van der Waals surface area contributed by atoms with E-state index in [-0.39, 0.29) is 29.9 Å². The predicted octanol–water partition coefficient (Wildman–Crippen LogP) is 2.47. The Bertz CT molecular complexity index is 845. The summed E-state index contributed by atoms with van der Waals surface area (Å²) in [6, 6.07) is 8.60. The first-order valence-electron chi connectivity index (χ1n) is 9.97. The lowest BCUT2D eigenvalue weighted by molar-refractivity contribution is -0.135. The van der Waals surface area contributed by atoms with Gasteiger partial charge >= 0.3 is 0 Å². The van der Waals surface area contributed by atoms with E-state index in [4.69, 9.17) is 5.73 Å². The van der Waals surface area contributed by atoms with Crippen molar-refractivity contribution in [3.63, 3.8) is 0 Å². The van der Waals surface area contributed by atoms with Gasteiger partial charge < -0.3 is 20.9 Å². The molecule has 2 amide bonds. The Kier molecular flexibility index (Phi) is 4.91. The number of nitrogens with one attached hydrogen (secondary N) is 2. The summed E-state index contributed by atoms with van der Waals surface area (Å²) in [5.74, 6) is 0.168. The summed E-state index contributed by atoms with van der Waals surface area (Å²) in [5, 5.41) is 4.25. The maximum absolute atomic E-state index is 12.7. The number of nitrogens with two attached hydrogens (primary N) is 1. The molecule has 2 fully saturated rings. The first-order chi connectivity index (χ1) is 13.1. The molecular formula is C21H28N4O2. The van der Waals surface area contributed by atoms with E-state index in [1.54, 1.807) is 0 Å². The third kappa shape index (κ3) is 3.46. The lowest BCUT2D eigenvalue weighted by Gasteiger charge is -2.39. The molecule has 3 atom stereocenters. The van der Waals surface area contributed by atoms with Crippen molar-refractivity contribution in [2.75, 3.05) is 6.54 Å². The summed E-state index contributed by atoms with van der Waals surface area (Å²) in [5.41, 5.74) is 8.29. The van der Waals surface area contributed by atoms with Crippen LogP contribution in [0.3, 0.4) is 0 Å². The van der Waals surface area contributed by atoms with Gasteiger partial charge in [-0.3, -0.25) is 9.59 Å². The fraction of sp³-hybridized carbons (Fsp3) is 0.524. The summed E-state index contributed by atoms with van der Waals surface area (Å²) >= 11 is 0. The maximum atomic E-state index is 12.7. The molecule has 6 nitrogen and oxygen atoms in total. The molecule has 0 aliphatic carbocycles. The number of aromatic nitrogens is 1. The highest BCUT2D eigenvalue weighted by Crippen LogP contribution is 2.36. The first kappa shape index (κ1) is 18.0. The largest absolute Gasteiger partial charge is 0.350 e. The number of fused-ring (bicyclic) bond motifs is 3. The van der Waals surface area contributed by atoms with E-state index in [9.17, 15) is 9.59 Å². The second kappa shape index (κ2) is 7.35. The van der Waals surface area contributed by atoms with E-state index in [0.29, 0.717) is 18.7 Å². The van der Waals surface area contributed by atoms with Gasteiger partial charge in [-0.15, -0.1) is 0 Å². The van der Waals surface area contributed by atoms with Gasteiger partial charge in [0.15, 0.2) is 0 Å². The quantitative estimate of drug-likeness (QED) is 0.757. The molecule has 4 rings (SSSR count). The van der Waals surface area contributed by atoms with Crippen molar-refractivity contribution in [1.29, 1.82) is 0 Å². The topological polar surface area (TPSA) is 91.2 Å². The molecular weight excluding hydrogens is 340 g/mol. The molecule has 0 spiro atoms. The summed E-state index contributed by atoms with van der Waals surface area (Å²) in [4.78, 5) is 30.6. The van der Waals surface area contributed by atoms with Crippen molar-refractivity contribution in [1.82, 2.24) is 15.2 Å². The SMILES string of the molecule is Cc1cccc2cc(C(=O)NC3C[C@H]4CC[C@@H](C3)N4C(=O)CCCN)[nH]c12. The van der Waals surface area contributed by atoms with Gasteiger partial charge in [0, 0.05) is 35.4 Å². The molecule has 4 N–H and O–H groups in total. The number of benzene rings is 1. The van der Waals surface area contributed by atoms with Crippen molar-refractivity contribution >= 4 is 22.7 Å². The van der Waals surface area contributed by atoms with Gasteiger partial charge in [-0.05, 0) is 57.2 Å². The molecule has 2 bridgehead atoms. The number of rotatable bonds is 5. The van der Waals surface area contributed by atoms with Crippen molar-refractivity contribution in [2.45, 2.75) is 63.6 Å². The average Bonchev–Trinajstić information content (AvgIpc) is 3.20. The zero-order valence-corrected chi connectivity index (χ0v) is 15.8. The normalized spacial score (nSPS) is 24.4. The molecule has 1 aromatic heterocycles. The number of H-pyrrole nitrogens is 1. The van der Waals surface area contributed by atoms with Crippen LogP contribution < -0.4 is 11.1 Å². The predicted molar refractivity (Wildman–Crippen MR) is 105 cm³/mol. The van der Waals surface area contributed by atoms with E-state index < -0.39 is 0 Å². The number of amides is 2. The van der Waals surface area contributed by atoms with Gasteiger partial charge in [0.2, 0.25) is 5.91 Å². The average molecular weight is 368 g/mol. The molecule has 3 heterocycles. The number of hydrogen-bond acceptors (Lipinski definition) is 3. The lowest BCUT2D eigenvalue weighted by Crippen LogP contribution is -2.52. The zero-order chi connectivity index (χ0) is 19.0. The van der Waals surface area contributed by atoms with Crippen LogP contribution >= 0.6 is 0 Å². The van der Waals surface area contributed by atoms with Crippen LogP contribution in [0.25, 0.3) is 10.9 Å². The summed E-state index contributed by atoms with van der Waals surface area (Å²) in [7, 11) is 0. The Morgan fingerprint density at radius 2 is 2.00 bits per heavy atom. The molecule has 27 heavy (non-hydrogen) atoms. The van der Waals surface area contributed by atoms with Crippen LogP contribution in [0.1, 0.15) is 54.6 Å². The number of aromatic amines is 1. The highest BCUT2D eigenvalue weighted by Gasteiger charge is 2.43. The van der Waals surface area contributed by atoms with Crippen molar-refractivity contribution < 1.29 is 9.59 Å². The number of hydrogen-bond donors (Lipinski definition) is 3. The van der Waals surface area contributed by atoms with Gasteiger partial charge in [0.05, 0.1) is 0 Å². The third-order valence-corrected chi connectivity index (χ3v) is 6.06. The second-order valence-corrected chi connectivity index (χ2v) is 7.94. The minimum absolute atomic E-state index is 0.0575. The third-order valence-electron chi connectivity index (χ3n) is 6.06. The number of aryl methyl sites for hydroxylation is 1. The smallest absolute Gasteiger partial charge is 0.267 e. The Balaban J connectivity index is 1.41. The van der Waals surface area contributed by atoms with Crippen molar-refractivity contribution in [3.8, 4) is 0 Å². The van der Waals surface area contributed by atoms with Crippen molar-refractivity contribution in [2.24, 2.45) is 5.73 Å². The van der Waals surface area contributed by atoms with E-state index in [0.717, 1.165) is 48.6 Å². The highest BCUT2D eigenvalue weighted by molar-refractivity contribution is 5.98. The van der Waals surface area contributed by atoms with Crippen LogP contribution in [-0.2, 0) is 4.79 Å². The first-order valence-corrected chi connectivity index (χ1v) is 9.97. The number of para-hydroxylation sites is 1. The van der Waals surface area contributed by atoms with E-state index in [1.165, 1.54) is 0 Å². The molecule has 2 aliphatic rings. The van der Waals surface area contributed by atoms with Crippen LogP contribution in [0.15, 0.2) is 24.3 Å². The van der Waals surface area contributed by atoms with Gasteiger partial charge in [0.1, 0.15) is 5.69 Å². The fourth-order valence-corrected chi connectivity index (χ4v) is 4.78. The van der Waals surface area contributed by atoms with E-state index in [2.05, 4.69) is 15.2 Å². The standard InChI is InChI=1S/C21H28N4O2/c1-13-4-2-5-14-10-18(24-20(13)14)21(27)23-15-11-16-7-8-17(12-15)25(16)19(26)6-3-9-22/h2,4-5,10,15-17,24H,3,6-9,11-12,22H2,1H3,(H,23,27)/t15?,16-,17+. The Morgan fingerprint density at radius 3 is 2.67 bits per heavy atom. The van der Waals surface area contributed by atoms with Crippen molar-refractivity contribution in [3.05, 3.63) is 35.5 Å². The Hall–Kier alpha value is -2.34. The van der Waals surface area contributed by atoms with Gasteiger partial charge in [-0.25, -0.2) is 0 Å². The maximum Gasteiger partial charge on any atom is 0.267 e. The van der Waals surface area contributed by atoms with Gasteiger partial charge in [-0.2, -0.15) is 0 Å². The van der Waals surface area contributed by atoms with Crippen LogP contribution in [0.5, 0.6) is 0 Å². The molecule has 2 aliphatic heterocycles. The van der Waals surface area contributed by atoms with Gasteiger partial charge in [0.25, 0.3) is 5.91 Å². The molecule has 2 aromatic rings. The molecule has 6 heteroatoms. The fourth-order valence-electron chi connectivity index (χ4n) is 4.78. The number of carbonyl (C=O) groups is 2. The van der Waals surface area contributed by atoms with Crippen LogP contribution in [0.2, 0.25) is 0 Å². The minimum Gasteiger partial charge on any atom is -0.350 e. The van der Waals surface area contributed by atoms with Crippen LogP contribution in [0, 0.1) is 6.92 Å². The number of nitrogens with zero attached hydrogens (tertiary/aromatic N) is 1. The van der Waals surface area contributed by atoms with Crippen LogP contribution in [0.4, 0.5) is 0 Å². The summed E-state index contributed by atoms with van der Waals surface area (Å²) in [6.45, 7) is 2.59. The highest BCUT2D eigenvalue weighted by atomic mass is 16.2. The molecule has 0 radical (unpaired) electrons. The zero-order valence-electron chi connectivity index (χ0n) is 15.8. The minimum atomic E-state index is -0.0575. The molecule has 1 unspecified atom stereocenters. The number of carbonyl (C=O) groups excluding carboxylic acids is 2. The van der Waals surface area contributed by atoms with E-state index in [1.807, 2.05) is 31.2 Å². The molecule has 0 saturated carbocycles. The van der Waals surface area contributed by atoms with E-state index >= 15 is 0 Å². The summed E-state index contributed by atoms with van der Waals surface area (Å²) < 4.78 is 0.